The van der Waals surface area contributed by atoms with Gasteiger partial charge in [0.2, 0.25) is 0 Å². The molecule has 4 nitrogen and oxygen atoms in total. The minimum atomic E-state index is 0.236. The van der Waals surface area contributed by atoms with E-state index >= 15 is 0 Å². The number of hydrogen-bond donors (Lipinski definition) is 1. The molecule has 0 amide bonds. The highest BCUT2D eigenvalue weighted by molar-refractivity contribution is 7.05. The lowest BCUT2D eigenvalue weighted by molar-refractivity contribution is 0.168. The molecule has 0 bridgehead atoms. The number of nitrogens with zero attached hydrogens (tertiary/aromatic N) is 2. The van der Waals surface area contributed by atoms with Crippen molar-refractivity contribution in [3.05, 3.63) is 10.6 Å². The van der Waals surface area contributed by atoms with Crippen LogP contribution in [0.15, 0.2) is 0 Å². The van der Waals surface area contributed by atoms with Crippen LogP contribution in [0.25, 0.3) is 0 Å². The second-order valence-corrected chi connectivity index (χ2v) is 3.97. The third kappa shape index (κ3) is 3.01. The first-order chi connectivity index (χ1) is 6.79. The summed E-state index contributed by atoms with van der Waals surface area (Å²) in [5, 5.41) is 7.42. The smallest absolute Gasteiger partial charge is 0.0773 e. The van der Waals surface area contributed by atoms with E-state index in [1.165, 1.54) is 16.4 Å². The van der Waals surface area contributed by atoms with E-state index in [4.69, 9.17) is 4.74 Å². The van der Waals surface area contributed by atoms with Gasteiger partial charge in [-0.2, -0.15) is 0 Å². The minimum Gasteiger partial charge on any atom is -0.383 e. The van der Waals surface area contributed by atoms with Crippen LogP contribution in [0, 0.1) is 6.92 Å². The van der Waals surface area contributed by atoms with Crippen molar-refractivity contribution in [1.29, 1.82) is 0 Å². The maximum Gasteiger partial charge on any atom is 0.0773 e. The molecule has 1 atom stereocenters. The van der Waals surface area contributed by atoms with Gasteiger partial charge >= 0.3 is 0 Å². The lowest BCUT2D eigenvalue weighted by Gasteiger charge is -2.15. The molecule has 1 N–H and O–H groups in total. The van der Waals surface area contributed by atoms with E-state index in [2.05, 4.69) is 21.8 Å². The predicted molar refractivity (Wildman–Crippen MR) is 57.6 cm³/mol. The third-order valence-electron chi connectivity index (χ3n) is 1.98. The monoisotopic (exact) mass is 215 g/mol. The molecule has 5 heteroatoms. The number of rotatable bonds is 6. The van der Waals surface area contributed by atoms with Crippen LogP contribution in [0.2, 0.25) is 0 Å². The topological polar surface area (TPSA) is 47.0 Å². The molecule has 1 rings (SSSR count). The van der Waals surface area contributed by atoms with Gasteiger partial charge in [-0.05, 0) is 31.4 Å². The molecule has 1 heterocycles. The number of methoxy groups -OCH3 is 1. The van der Waals surface area contributed by atoms with Crippen LogP contribution in [-0.4, -0.2) is 29.8 Å². The van der Waals surface area contributed by atoms with Crippen molar-refractivity contribution >= 4 is 11.5 Å². The normalized spacial score (nSPS) is 13.1. The molecule has 0 saturated heterocycles. The maximum absolute atomic E-state index is 5.17. The lowest BCUT2D eigenvalue weighted by atomic mass is 10.2. The fourth-order valence-electron chi connectivity index (χ4n) is 1.27. The number of aryl methyl sites for hydroxylation is 1. The first-order valence-electron chi connectivity index (χ1n) is 4.80. The summed E-state index contributed by atoms with van der Waals surface area (Å²) >= 11 is 1.44. The molecule has 0 saturated carbocycles. The molecule has 0 fully saturated rings. The molecule has 80 valence electrons. The summed E-state index contributed by atoms with van der Waals surface area (Å²) in [6, 6.07) is 0.236. The number of hydrogen-bond acceptors (Lipinski definition) is 5. The van der Waals surface area contributed by atoms with Gasteiger partial charge in [0.15, 0.2) is 0 Å². The number of nitrogens with one attached hydrogen (secondary N) is 1. The van der Waals surface area contributed by atoms with Gasteiger partial charge in [0.05, 0.1) is 23.2 Å². The van der Waals surface area contributed by atoms with E-state index in [1.807, 2.05) is 6.92 Å². The quantitative estimate of drug-likeness (QED) is 0.782. The first kappa shape index (κ1) is 11.6. The van der Waals surface area contributed by atoms with Crippen LogP contribution in [0.3, 0.4) is 0 Å². The van der Waals surface area contributed by atoms with Crippen molar-refractivity contribution in [2.45, 2.75) is 26.3 Å². The highest BCUT2D eigenvalue weighted by Gasteiger charge is 2.15. The summed E-state index contributed by atoms with van der Waals surface area (Å²) < 4.78 is 9.10. The summed E-state index contributed by atoms with van der Waals surface area (Å²) in [6.45, 7) is 5.79. The SMILES string of the molecule is CCCNC(COC)c1snnc1C. The molecule has 14 heavy (non-hydrogen) atoms. The minimum absolute atomic E-state index is 0.236. The van der Waals surface area contributed by atoms with E-state index in [1.54, 1.807) is 7.11 Å². The van der Waals surface area contributed by atoms with Gasteiger partial charge in [0.1, 0.15) is 0 Å². The number of ether oxygens (including phenoxy) is 1. The second-order valence-electron chi connectivity index (χ2n) is 3.18. The molecule has 1 unspecified atom stereocenters. The molecule has 0 spiro atoms. The highest BCUT2D eigenvalue weighted by Crippen LogP contribution is 2.19. The van der Waals surface area contributed by atoms with Gasteiger partial charge in [-0.25, -0.2) is 0 Å². The van der Waals surface area contributed by atoms with Crippen LogP contribution < -0.4 is 5.32 Å². The van der Waals surface area contributed by atoms with Gasteiger partial charge in [-0.1, -0.05) is 11.4 Å². The Bertz CT molecular complexity index is 264. The van der Waals surface area contributed by atoms with E-state index < -0.39 is 0 Å². The Labute approximate surface area is 88.8 Å². The molecular weight excluding hydrogens is 198 g/mol. The summed E-state index contributed by atoms with van der Waals surface area (Å²) in [5.41, 5.74) is 1.00. The molecule has 0 aliphatic heterocycles. The third-order valence-corrected chi connectivity index (χ3v) is 2.92. The molecule has 0 radical (unpaired) electrons. The highest BCUT2D eigenvalue weighted by atomic mass is 32.1. The van der Waals surface area contributed by atoms with E-state index in [9.17, 15) is 0 Å². The van der Waals surface area contributed by atoms with Crippen molar-refractivity contribution in [3.8, 4) is 0 Å². The van der Waals surface area contributed by atoms with Crippen molar-refractivity contribution in [3.63, 3.8) is 0 Å². The fourth-order valence-corrected chi connectivity index (χ4v) is 1.97. The predicted octanol–water partition coefficient (Wildman–Crippen LogP) is 1.53. The molecule has 0 aliphatic carbocycles. The van der Waals surface area contributed by atoms with Crippen LogP contribution in [-0.2, 0) is 4.74 Å². The zero-order chi connectivity index (χ0) is 10.4. The Morgan fingerprint density at radius 2 is 2.36 bits per heavy atom. The van der Waals surface area contributed by atoms with Crippen LogP contribution >= 0.6 is 11.5 Å². The van der Waals surface area contributed by atoms with Crippen LogP contribution in [0.5, 0.6) is 0 Å². The number of aromatic nitrogens is 2. The standard InChI is InChI=1S/C9H17N3OS/c1-4-5-10-8(6-13-3)9-7(2)11-12-14-9/h8,10H,4-6H2,1-3H3. The summed E-state index contributed by atoms with van der Waals surface area (Å²) in [5.74, 6) is 0. The molecule has 1 aromatic heterocycles. The lowest BCUT2D eigenvalue weighted by Crippen LogP contribution is -2.25. The average Bonchev–Trinajstić information content (AvgIpc) is 2.59. The summed E-state index contributed by atoms with van der Waals surface area (Å²) in [6.07, 6.45) is 1.12. The van der Waals surface area contributed by atoms with Crippen molar-refractivity contribution in [2.24, 2.45) is 0 Å². The van der Waals surface area contributed by atoms with Gasteiger partial charge in [-0.3, -0.25) is 0 Å². The van der Waals surface area contributed by atoms with Crippen molar-refractivity contribution in [1.82, 2.24) is 14.9 Å². The fraction of sp³-hybridized carbons (Fsp3) is 0.778. The zero-order valence-electron chi connectivity index (χ0n) is 8.91. The Morgan fingerprint density at radius 1 is 1.57 bits per heavy atom. The summed E-state index contributed by atoms with van der Waals surface area (Å²) in [4.78, 5) is 1.18. The largest absolute Gasteiger partial charge is 0.383 e. The van der Waals surface area contributed by atoms with E-state index in [0.717, 1.165) is 18.7 Å². The molecule has 1 aromatic rings. The van der Waals surface area contributed by atoms with Crippen molar-refractivity contribution < 1.29 is 4.74 Å². The molecular formula is C9H17N3OS. The average molecular weight is 215 g/mol. The van der Waals surface area contributed by atoms with Crippen LogP contribution in [0.1, 0.15) is 30.0 Å². The van der Waals surface area contributed by atoms with Gasteiger partial charge in [0, 0.05) is 7.11 Å². The maximum atomic E-state index is 5.17. The Morgan fingerprint density at radius 3 is 2.86 bits per heavy atom. The van der Waals surface area contributed by atoms with Gasteiger partial charge in [0.25, 0.3) is 0 Å². The summed E-state index contributed by atoms with van der Waals surface area (Å²) in [7, 11) is 1.71. The van der Waals surface area contributed by atoms with Gasteiger partial charge < -0.3 is 10.1 Å². The second kappa shape index (κ2) is 6.06. The molecule has 0 aromatic carbocycles. The van der Waals surface area contributed by atoms with E-state index in [0.29, 0.717) is 6.61 Å². The Balaban J connectivity index is 2.62. The zero-order valence-corrected chi connectivity index (χ0v) is 9.73. The van der Waals surface area contributed by atoms with Crippen molar-refractivity contribution in [2.75, 3.05) is 20.3 Å². The Kier molecular flexibility index (Phi) is 5.00. The molecule has 0 aliphatic rings. The first-order valence-corrected chi connectivity index (χ1v) is 5.58. The Hall–Kier alpha value is -0.520. The van der Waals surface area contributed by atoms with E-state index in [-0.39, 0.29) is 6.04 Å². The van der Waals surface area contributed by atoms with Gasteiger partial charge in [-0.15, -0.1) is 5.10 Å². The van der Waals surface area contributed by atoms with Crippen LogP contribution in [0.4, 0.5) is 0 Å².